The van der Waals surface area contributed by atoms with Crippen LogP contribution in [0.2, 0.25) is 0 Å². The number of aliphatic hydroxyl groups excluding tert-OH is 1. The zero-order valence-electron chi connectivity index (χ0n) is 13.5. The molecule has 1 aromatic carbocycles. The Hall–Kier alpha value is -0.950. The molecule has 6 heteroatoms. The van der Waals surface area contributed by atoms with E-state index in [1.165, 1.54) is 6.26 Å². The molecule has 0 saturated carbocycles. The summed E-state index contributed by atoms with van der Waals surface area (Å²) in [7, 11) is -3.13. The average molecular weight is 326 g/mol. The summed E-state index contributed by atoms with van der Waals surface area (Å²) in [5, 5.41) is 10.4. The molecule has 1 heterocycles. The van der Waals surface area contributed by atoms with Gasteiger partial charge in [-0.15, -0.1) is 0 Å². The molecule has 1 aliphatic rings. The first-order valence-electron chi connectivity index (χ1n) is 7.69. The summed E-state index contributed by atoms with van der Waals surface area (Å²) in [6.45, 7) is 6.26. The van der Waals surface area contributed by atoms with E-state index in [1.807, 2.05) is 26.0 Å². The van der Waals surface area contributed by atoms with Gasteiger partial charge in [-0.05, 0) is 45.3 Å². The average Bonchev–Trinajstić information content (AvgIpc) is 2.38. The van der Waals surface area contributed by atoms with Gasteiger partial charge in [-0.1, -0.05) is 29.3 Å². The van der Waals surface area contributed by atoms with E-state index in [2.05, 4.69) is 15.7 Å². The molecule has 2 rings (SSSR count). The van der Waals surface area contributed by atoms with Crippen LogP contribution in [-0.2, 0) is 10.0 Å². The first kappa shape index (κ1) is 17.4. The Bertz CT molecular complexity index is 588. The van der Waals surface area contributed by atoms with Crippen molar-refractivity contribution in [3.8, 4) is 0 Å². The number of rotatable bonds is 5. The molecule has 1 fully saturated rings. The van der Waals surface area contributed by atoms with Crippen LogP contribution in [0.3, 0.4) is 0 Å². The van der Waals surface area contributed by atoms with E-state index in [-0.39, 0.29) is 6.04 Å². The molecular formula is C16H26N2O3S. The quantitative estimate of drug-likeness (QED) is 0.857. The Labute approximate surface area is 133 Å². The molecule has 5 nitrogen and oxygen atoms in total. The van der Waals surface area contributed by atoms with Crippen LogP contribution in [0, 0.1) is 13.8 Å². The van der Waals surface area contributed by atoms with E-state index in [9.17, 15) is 13.5 Å². The SMILES string of the molecule is Cc1cc(C)cc(C(O)CN2CCC(NS(C)(=O)=O)CC2)c1. The van der Waals surface area contributed by atoms with Crippen molar-refractivity contribution in [2.75, 3.05) is 25.9 Å². The summed E-state index contributed by atoms with van der Waals surface area (Å²) in [4.78, 5) is 2.20. The summed E-state index contributed by atoms with van der Waals surface area (Å²) >= 11 is 0. The number of likely N-dealkylation sites (tertiary alicyclic amines) is 1. The van der Waals surface area contributed by atoms with E-state index in [4.69, 9.17) is 0 Å². The Balaban J connectivity index is 1.87. The minimum absolute atomic E-state index is 0.0182. The normalized spacial score (nSPS) is 19.3. The lowest BCUT2D eigenvalue weighted by Crippen LogP contribution is -2.45. The van der Waals surface area contributed by atoms with E-state index in [0.717, 1.165) is 42.6 Å². The third-order valence-electron chi connectivity index (χ3n) is 4.03. The van der Waals surface area contributed by atoms with Gasteiger partial charge in [-0.3, -0.25) is 0 Å². The maximum atomic E-state index is 11.2. The van der Waals surface area contributed by atoms with Gasteiger partial charge >= 0.3 is 0 Å². The Morgan fingerprint density at radius 1 is 1.23 bits per heavy atom. The topological polar surface area (TPSA) is 69.6 Å². The highest BCUT2D eigenvalue weighted by molar-refractivity contribution is 7.88. The fourth-order valence-corrected chi connectivity index (χ4v) is 3.93. The lowest BCUT2D eigenvalue weighted by molar-refractivity contribution is 0.0962. The Kier molecular flexibility index (Phi) is 5.60. The van der Waals surface area contributed by atoms with E-state index in [1.54, 1.807) is 0 Å². The Morgan fingerprint density at radius 2 is 1.77 bits per heavy atom. The highest BCUT2D eigenvalue weighted by Crippen LogP contribution is 2.20. The predicted octanol–water partition coefficient (Wildman–Crippen LogP) is 1.35. The highest BCUT2D eigenvalue weighted by atomic mass is 32.2. The number of hydrogen-bond acceptors (Lipinski definition) is 4. The molecule has 1 atom stereocenters. The summed E-state index contributed by atoms with van der Waals surface area (Å²) < 4.78 is 25.1. The van der Waals surface area contributed by atoms with Crippen LogP contribution in [0.5, 0.6) is 0 Å². The molecule has 0 spiro atoms. The standard InChI is InChI=1S/C16H26N2O3S/c1-12-8-13(2)10-14(9-12)16(19)11-18-6-4-15(5-7-18)17-22(3,20)21/h8-10,15-17,19H,4-7,11H2,1-3H3. The molecule has 0 aliphatic carbocycles. The van der Waals surface area contributed by atoms with Gasteiger partial charge in [0.1, 0.15) is 0 Å². The third kappa shape index (κ3) is 5.35. The van der Waals surface area contributed by atoms with Crippen molar-refractivity contribution in [1.29, 1.82) is 0 Å². The second-order valence-corrected chi connectivity index (χ2v) is 8.18. The first-order valence-corrected chi connectivity index (χ1v) is 9.58. The van der Waals surface area contributed by atoms with Gasteiger partial charge < -0.3 is 10.0 Å². The molecule has 0 radical (unpaired) electrons. The van der Waals surface area contributed by atoms with Crippen LogP contribution in [-0.4, -0.2) is 50.4 Å². The number of piperidine rings is 1. The molecule has 0 bridgehead atoms. The number of aliphatic hydroxyl groups is 1. The monoisotopic (exact) mass is 326 g/mol. The predicted molar refractivity (Wildman–Crippen MR) is 88.3 cm³/mol. The number of β-amino-alcohol motifs (C(OH)–C–C–N with tert-alkyl or cyclic N) is 1. The van der Waals surface area contributed by atoms with Crippen molar-refractivity contribution in [3.63, 3.8) is 0 Å². The summed E-state index contributed by atoms with van der Waals surface area (Å²) in [6.07, 6.45) is 2.26. The second-order valence-electron chi connectivity index (χ2n) is 6.40. The molecule has 1 saturated heterocycles. The molecule has 0 aromatic heterocycles. The number of nitrogens with one attached hydrogen (secondary N) is 1. The van der Waals surface area contributed by atoms with Crippen LogP contribution in [0.15, 0.2) is 18.2 Å². The maximum Gasteiger partial charge on any atom is 0.208 e. The van der Waals surface area contributed by atoms with Crippen LogP contribution in [0.25, 0.3) is 0 Å². The molecule has 2 N–H and O–H groups in total. The lowest BCUT2D eigenvalue weighted by Gasteiger charge is -2.33. The van der Waals surface area contributed by atoms with Crippen LogP contribution in [0.4, 0.5) is 0 Å². The number of sulfonamides is 1. The molecule has 1 unspecified atom stereocenters. The van der Waals surface area contributed by atoms with E-state index in [0.29, 0.717) is 6.54 Å². The van der Waals surface area contributed by atoms with Crippen LogP contribution < -0.4 is 4.72 Å². The number of hydrogen-bond donors (Lipinski definition) is 2. The maximum absolute atomic E-state index is 11.2. The minimum atomic E-state index is -3.13. The Morgan fingerprint density at radius 3 is 2.27 bits per heavy atom. The molecule has 124 valence electrons. The van der Waals surface area contributed by atoms with Gasteiger partial charge in [-0.25, -0.2) is 13.1 Å². The van der Waals surface area contributed by atoms with E-state index < -0.39 is 16.1 Å². The van der Waals surface area contributed by atoms with Crippen molar-refractivity contribution < 1.29 is 13.5 Å². The minimum Gasteiger partial charge on any atom is -0.387 e. The van der Waals surface area contributed by atoms with Gasteiger partial charge in [-0.2, -0.15) is 0 Å². The van der Waals surface area contributed by atoms with Crippen LogP contribution in [0.1, 0.15) is 35.6 Å². The van der Waals surface area contributed by atoms with Crippen molar-refractivity contribution in [2.24, 2.45) is 0 Å². The summed E-state index contributed by atoms with van der Waals surface area (Å²) in [5.41, 5.74) is 3.27. The number of benzene rings is 1. The van der Waals surface area contributed by atoms with Crippen LogP contribution >= 0.6 is 0 Å². The van der Waals surface area contributed by atoms with Gasteiger partial charge in [0.15, 0.2) is 0 Å². The fourth-order valence-electron chi connectivity index (χ4n) is 3.09. The third-order valence-corrected chi connectivity index (χ3v) is 4.79. The molecule has 0 amide bonds. The van der Waals surface area contributed by atoms with Crippen molar-refractivity contribution in [3.05, 3.63) is 34.9 Å². The smallest absolute Gasteiger partial charge is 0.208 e. The zero-order valence-corrected chi connectivity index (χ0v) is 14.4. The fraction of sp³-hybridized carbons (Fsp3) is 0.625. The van der Waals surface area contributed by atoms with Gasteiger partial charge in [0.25, 0.3) is 0 Å². The second kappa shape index (κ2) is 7.08. The van der Waals surface area contributed by atoms with Crippen molar-refractivity contribution in [1.82, 2.24) is 9.62 Å². The highest BCUT2D eigenvalue weighted by Gasteiger charge is 2.23. The molecule has 1 aliphatic heterocycles. The molecule has 22 heavy (non-hydrogen) atoms. The summed E-state index contributed by atoms with van der Waals surface area (Å²) in [6, 6.07) is 6.16. The van der Waals surface area contributed by atoms with Crippen molar-refractivity contribution in [2.45, 2.75) is 38.8 Å². The molecular weight excluding hydrogens is 300 g/mol. The van der Waals surface area contributed by atoms with Gasteiger partial charge in [0, 0.05) is 12.6 Å². The largest absolute Gasteiger partial charge is 0.387 e. The zero-order chi connectivity index (χ0) is 16.3. The first-order chi connectivity index (χ1) is 10.2. The van der Waals surface area contributed by atoms with E-state index >= 15 is 0 Å². The number of nitrogens with zero attached hydrogens (tertiary/aromatic N) is 1. The van der Waals surface area contributed by atoms with Crippen molar-refractivity contribution >= 4 is 10.0 Å². The molecule has 1 aromatic rings. The van der Waals surface area contributed by atoms with Gasteiger partial charge in [0.2, 0.25) is 10.0 Å². The lowest BCUT2D eigenvalue weighted by atomic mass is 10.0. The number of aryl methyl sites for hydroxylation is 2. The van der Waals surface area contributed by atoms with Gasteiger partial charge in [0.05, 0.1) is 12.4 Å². The summed E-state index contributed by atoms with van der Waals surface area (Å²) in [5.74, 6) is 0.